The van der Waals surface area contributed by atoms with E-state index in [4.69, 9.17) is 14.3 Å². The van der Waals surface area contributed by atoms with E-state index in [-0.39, 0.29) is 19.2 Å². The van der Waals surface area contributed by atoms with Gasteiger partial charge < -0.3 is 24.5 Å². The Morgan fingerprint density at radius 3 is 3.00 bits per heavy atom. The molecule has 2 atom stereocenters. The van der Waals surface area contributed by atoms with Crippen molar-refractivity contribution in [1.82, 2.24) is 10.2 Å². The highest BCUT2D eigenvalue weighted by Gasteiger charge is 2.39. The monoisotopic (exact) mass is 268 g/mol. The van der Waals surface area contributed by atoms with Crippen LogP contribution in [0.2, 0.25) is 0 Å². The van der Waals surface area contributed by atoms with E-state index in [1.165, 1.54) is 18.3 Å². The Morgan fingerprint density at radius 2 is 2.42 bits per heavy atom. The minimum absolute atomic E-state index is 0.228. The summed E-state index contributed by atoms with van der Waals surface area (Å²) in [5.74, 6) is -0.407. The van der Waals surface area contributed by atoms with Crippen LogP contribution < -0.4 is 5.32 Å². The SMILES string of the molecule is COC1CC(C(=O)O)N(C(=O)NCc2ccco2)C1. The van der Waals surface area contributed by atoms with Gasteiger partial charge in [-0.1, -0.05) is 0 Å². The second kappa shape index (κ2) is 5.75. The van der Waals surface area contributed by atoms with Crippen LogP contribution in [0.1, 0.15) is 12.2 Å². The molecule has 7 nitrogen and oxygen atoms in total. The zero-order chi connectivity index (χ0) is 13.8. The Labute approximate surface area is 110 Å². The average Bonchev–Trinajstić information content (AvgIpc) is 3.04. The lowest BCUT2D eigenvalue weighted by Crippen LogP contribution is -2.45. The predicted molar refractivity (Wildman–Crippen MR) is 64.5 cm³/mol. The van der Waals surface area contributed by atoms with Gasteiger partial charge in [-0.25, -0.2) is 9.59 Å². The number of aliphatic carboxylic acids is 1. The molecule has 2 N–H and O–H groups in total. The largest absolute Gasteiger partial charge is 0.480 e. The number of carbonyl (C=O) groups excluding carboxylic acids is 1. The predicted octanol–water partition coefficient (Wildman–Crippen LogP) is 0.663. The highest BCUT2D eigenvalue weighted by Crippen LogP contribution is 2.20. The van der Waals surface area contributed by atoms with Gasteiger partial charge in [0.1, 0.15) is 11.8 Å². The van der Waals surface area contributed by atoms with Crippen LogP contribution >= 0.6 is 0 Å². The third kappa shape index (κ3) is 3.05. The Balaban J connectivity index is 1.94. The molecular weight excluding hydrogens is 252 g/mol. The summed E-state index contributed by atoms with van der Waals surface area (Å²) in [6.07, 6.45) is 1.58. The lowest BCUT2D eigenvalue weighted by Gasteiger charge is -2.21. The first-order valence-electron chi connectivity index (χ1n) is 5.94. The van der Waals surface area contributed by atoms with E-state index in [0.717, 1.165) is 0 Å². The molecule has 0 radical (unpaired) electrons. The number of furan rings is 1. The number of nitrogens with zero attached hydrogens (tertiary/aromatic N) is 1. The molecule has 1 aromatic rings. The number of carboxylic acids is 1. The minimum Gasteiger partial charge on any atom is -0.480 e. The van der Waals surface area contributed by atoms with Crippen LogP contribution in [0.15, 0.2) is 22.8 Å². The summed E-state index contributed by atoms with van der Waals surface area (Å²) in [5.41, 5.74) is 0. The van der Waals surface area contributed by atoms with Crippen molar-refractivity contribution in [1.29, 1.82) is 0 Å². The van der Waals surface area contributed by atoms with Crippen molar-refractivity contribution in [3.8, 4) is 0 Å². The third-order valence-electron chi connectivity index (χ3n) is 3.14. The fourth-order valence-electron chi connectivity index (χ4n) is 2.10. The van der Waals surface area contributed by atoms with Gasteiger partial charge in [0.05, 0.1) is 18.9 Å². The lowest BCUT2D eigenvalue weighted by molar-refractivity contribution is -0.141. The van der Waals surface area contributed by atoms with Gasteiger partial charge in [0.25, 0.3) is 0 Å². The molecule has 0 bridgehead atoms. The van der Waals surface area contributed by atoms with Crippen LogP contribution in [0.5, 0.6) is 0 Å². The number of likely N-dealkylation sites (tertiary alicyclic amines) is 1. The van der Waals surface area contributed by atoms with Gasteiger partial charge in [0.2, 0.25) is 0 Å². The first kappa shape index (κ1) is 13.4. The summed E-state index contributed by atoms with van der Waals surface area (Å²) in [7, 11) is 1.51. The second-order valence-corrected chi connectivity index (χ2v) is 4.34. The molecule has 0 saturated carbocycles. The molecule has 0 spiro atoms. The first-order chi connectivity index (χ1) is 9.11. The summed E-state index contributed by atoms with van der Waals surface area (Å²) in [6.45, 7) is 0.504. The quantitative estimate of drug-likeness (QED) is 0.837. The molecule has 1 fully saturated rings. The fraction of sp³-hybridized carbons (Fsp3) is 0.500. The maximum absolute atomic E-state index is 12.0. The van der Waals surface area contributed by atoms with Crippen molar-refractivity contribution in [3.63, 3.8) is 0 Å². The average molecular weight is 268 g/mol. The van der Waals surface area contributed by atoms with Crippen molar-refractivity contribution in [2.45, 2.75) is 25.1 Å². The van der Waals surface area contributed by atoms with E-state index in [1.54, 1.807) is 12.1 Å². The number of amides is 2. The molecule has 104 valence electrons. The van der Waals surface area contributed by atoms with E-state index in [0.29, 0.717) is 12.2 Å². The first-order valence-corrected chi connectivity index (χ1v) is 5.94. The molecule has 2 amide bonds. The summed E-state index contributed by atoms with van der Waals surface area (Å²) < 4.78 is 10.2. The van der Waals surface area contributed by atoms with Crippen LogP contribution in [0.3, 0.4) is 0 Å². The summed E-state index contributed by atoms with van der Waals surface area (Å²) in [4.78, 5) is 24.4. The molecule has 2 heterocycles. The van der Waals surface area contributed by atoms with E-state index in [1.807, 2.05) is 0 Å². The molecule has 2 rings (SSSR count). The van der Waals surface area contributed by atoms with Crippen molar-refractivity contribution in [2.24, 2.45) is 0 Å². The highest BCUT2D eigenvalue weighted by atomic mass is 16.5. The van der Waals surface area contributed by atoms with Gasteiger partial charge in [0.15, 0.2) is 0 Å². The fourth-order valence-corrected chi connectivity index (χ4v) is 2.10. The van der Waals surface area contributed by atoms with Crippen molar-refractivity contribution in [3.05, 3.63) is 24.2 Å². The van der Waals surface area contributed by atoms with Gasteiger partial charge in [-0.05, 0) is 12.1 Å². The molecule has 1 aliphatic rings. The van der Waals surface area contributed by atoms with Gasteiger partial charge in [-0.2, -0.15) is 0 Å². The van der Waals surface area contributed by atoms with E-state index >= 15 is 0 Å². The maximum atomic E-state index is 12.0. The number of carboxylic acid groups (broad SMARTS) is 1. The maximum Gasteiger partial charge on any atom is 0.326 e. The number of nitrogens with one attached hydrogen (secondary N) is 1. The van der Waals surface area contributed by atoms with Crippen molar-refractivity contribution < 1.29 is 23.8 Å². The molecule has 0 aromatic carbocycles. The number of ether oxygens (including phenoxy) is 1. The molecule has 1 aromatic heterocycles. The smallest absolute Gasteiger partial charge is 0.326 e. The third-order valence-corrected chi connectivity index (χ3v) is 3.14. The van der Waals surface area contributed by atoms with Crippen LogP contribution in [-0.2, 0) is 16.1 Å². The van der Waals surface area contributed by atoms with Crippen LogP contribution in [0, 0.1) is 0 Å². The number of hydrogen-bond acceptors (Lipinski definition) is 4. The van der Waals surface area contributed by atoms with E-state index in [9.17, 15) is 9.59 Å². The Bertz CT molecular complexity index is 445. The van der Waals surface area contributed by atoms with Gasteiger partial charge >= 0.3 is 12.0 Å². The number of hydrogen-bond donors (Lipinski definition) is 2. The summed E-state index contributed by atoms with van der Waals surface area (Å²) in [6, 6.07) is 2.18. The topological polar surface area (TPSA) is 92.0 Å². The van der Waals surface area contributed by atoms with Crippen LogP contribution in [-0.4, -0.2) is 47.8 Å². The van der Waals surface area contributed by atoms with Gasteiger partial charge in [0, 0.05) is 20.1 Å². The molecule has 19 heavy (non-hydrogen) atoms. The minimum atomic E-state index is -1.02. The number of methoxy groups -OCH3 is 1. The standard InChI is InChI=1S/C12H16N2O5/c1-18-9-5-10(11(15)16)14(7-9)12(17)13-6-8-3-2-4-19-8/h2-4,9-10H,5-7H2,1H3,(H,13,17)(H,15,16). The molecule has 1 saturated heterocycles. The number of urea groups is 1. The Kier molecular flexibility index (Phi) is 4.06. The number of rotatable bonds is 4. The zero-order valence-corrected chi connectivity index (χ0v) is 10.5. The van der Waals surface area contributed by atoms with Crippen molar-refractivity contribution in [2.75, 3.05) is 13.7 Å². The van der Waals surface area contributed by atoms with Gasteiger partial charge in [-0.3, -0.25) is 0 Å². The van der Waals surface area contributed by atoms with Crippen LogP contribution in [0.4, 0.5) is 4.79 Å². The molecule has 2 unspecified atom stereocenters. The summed E-state index contributed by atoms with van der Waals surface area (Å²) in [5, 5.41) is 11.7. The molecular formula is C12H16N2O5. The highest BCUT2D eigenvalue weighted by molar-refractivity contribution is 5.83. The number of carbonyl (C=O) groups is 2. The Morgan fingerprint density at radius 1 is 1.63 bits per heavy atom. The molecule has 7 heteroatoms. The zero-order valence-electron chi connectivity index (χ0n) is 10.5. The van der Waals surface area contributed by atoms with E-state index in [2.05, 4.69) is 5.32 Å². The molecule has 0 aliphatic carbocycles. The normalized spacial score (nSPS) is 22.5. The second-order valence-electron chi connectivity index (χ2n) is 4.34. The summed E-state index contributed by atoms with van der Waals surface area (Å²) >= 11 is 0. The van der Waals surface area contributed by atoms with Crippen LogP contribution in [0.25, 0.3) is 0 Å². The Hall–Kier alpha value is -2.02. The van der Waals surface area contributed by atoms with E-state index < -0.39 is 18.0 Å². The van der Waals surface area contributed by atoms with Crippen molar-refractivity contribution >= 4 is 12.0 Å². The lowest BCUT2D eigenvalue weighted by atomic mass is 10.2. The van der Waals surface area contributed by atoms with Gasteiger partial charge in [-0.15, -0.1) is 0 Å². The molecule has 1 aliphatic heterocycles.